The number of hydrogen-bond acceptors (Lipinski definition) is 8. The largest absolute Gasteiger partial charge is 0.493 e. The number of imide groups is 1. The lowest BCUT2D eigenvalue weighted by Gasteiger charge is -2.13. The van der Waals surface area contributed by atoms with Crippen LogP contribution in [-0.4, -0.2) is 33.1 Å². The average molecular weight is 481 g/mol. The molecule has 1 aromatic heterocycles. The number of methoxy groups -OCH3 is 1. The molecular weight excluding hydrogens is 465 g/mol. The van der Waals surface area contributed by atoms with Crippen LogP contribution in [0.5, 0.6) is 17.4 Å². The van der Waals surface area contributed by atoms with Crippen LogP contribution in [0.25, 0.3) is 6.08 Å². The Labute approximate surface area is 197 Å². The molecule has 0 saturated carbocycles. The number of pyridine rings is 1. The number of ether oxygens (including phenoxy) is 2. The number of thioether (sulfide) groups is 1. The second-order valence-electron chi connectivity index (χ2n) is 6.98. The normalized spacial score (nSPS) is 14.5. The number of halogens is 1. The summed E-state index contributed by atoms with van der Waals surface area (Å²) in [5.74, 6) is -0.264. The molecule has 2 aromatic carbocycles. The Hall–Kier alpha value is -4.25. The van der Waals surface area contributed by atoms with Gasteiger partial charge < -0.3 is 9.47 Å². The predicted octanol–water partition coefficient (Wildman–Crippen LogP) is 5.17. The van der Waals surface area contributed by atoms with Crippen molar-refractivity contribution in [1.82, 2.24) is 9.88 Å². The molecule has 0 unspecified atom stereocenters. The maximum atomic E-state index is 13.9. The van der Waals surface area contributed by atoms with Gasteiger partial charge in [0.05, 0.1) is 23.5 Å². The summed E-state index contributed by atoms with van der Waals surface area (Å²) >= 11 is 0.765. The number of rotatable bonds is 7. The number of hydrogen-bond donors (Lipinski definition) is 0. The summed E-state index contributed by atoms with van der Waals surface area (Å²) in [5, 5.41) is 10.3. The van der Waals surface area contributed by atoms with Crippen LogP contribution in [0.3, 0.4) is 0 Å². The van der Waals surface area contributed by atoms with Crippen molar-refractivity contribution in [3.05, 3.63) is 92.8 Å². The van der Waals surface area contributed by atoms with E-state index in [2.05, 4.69) is 4.98 Å². The highest BCUT2D eigenvalue weighted by Gasteiger charge is 2.35. The maximum absolute atomic E-state index is 13.9. The molecule has 0 aliphatic carbocycles. The number of amides is 2. The molecule has 1 aliphatic rings. The summed E-state index contributed by atoms with van der Waals surface area (Å²) in [4.78, 5) is 40.4. The van der Waals surface area contributed by atoms with Crippen LogP contribution in [0.1, 0.15) is 11.1 Å². The van der Waals surface area contributed by atoms with Gasteiger partial charge in [0.25, 0.3) is 16.8 Å². The molecule has 9 nitrogen and oxygen atoms in total. The van der Waals surface area contributed by atoms with E-state index in [-0.39, 0.29) is 28.6 Å². The molecule has 0 bridgehead atoms. The summed E-state index contributed by atoms with van der Waals surface area (Å²) < 4.78 is 24.9. The Balaban J connectivity index is 1.52. The molecule has 1 saturated heterocycles. The van der Waals surface area contributed by atoms with Crippen molar-refractivity contribution in [2.24, 2.45) is 0 Å². The van der Waals surface area contributed by atoms with Gasteiger partial charge in [0.1, 0.15) is 12.0 Å². The van der Waals surface area contributed by atoms with Crippen LogP contribution < -0.4 is 9.47 Å². The number of carbonyl (C=O) groups is 2. The molecule has 0 N–H and O–H groups in total. The van der Waals surface area contributed by atoms with Crippen molar-refractivity contribution in [2.45, 2.75) is 6.54 Å². The summed E-state index contributed by atoms with van der Waals surface area (Å²) in [6, 6.07) is 13.4. The molecule has 3 aromatic rings. The molecule has 0 spiro atoms. The first kappa shape index (κ1) is 22.9. The van der Waals surface area contributed by atoms with Crippen molar-refractivity contribution in [2.75, 3.05) is 7.11 Å². The molecule has 1 fully saturated rings. The third kappa shape index (κ3) is 4.89. The molecule has 172 valence electrons. The van der Waals surface area contributed by atoms with E-state index < -0.39 is 21.9 Å². The number of nitro groups is 1. The monoisotopic (exact) mass is 481 g/mol. The van der Waals surface area contributed by atoms with Crippen molar-refractivity contribution in [3.63, 3.8) is 0 Å². The van der Waals surface area contributed by atoms with Crippen molar-refractivity contribution < 1.29 is 28.4 Å². The second-order valence-corrected chi connectivity index (χ2v) is 7.98. The van der Waals surface area contributed by atoms with Gasteiger partial charge in [-0.3, -0.25) is 24.6 Å². The molecule has 11 heteroatoms. The Morgan fingerprint density at radius 3 is 2.62 bits per heavy atom. The fraction of sp³-hybridized carbons (Fsp3) is 0.0870. The van der Waals surface area contributed by atoms with Gasteiger partial charge in [-0.2, -0.15) is 0 Å². The zero-order valence-corrected chi connectivity index (χ0v) is 18.5. The molecule has 34 heavy (non-hydrogen) atoms. The second kappa shape index (κ2) is 9.71. The third-order valence-corrected chi connectivity index (χ3v) is 5.70. The first-order valence-corrected chi connectivity index (χ1v) is 10.6. The fourth-order valence-corrected chi connectivity index (χ4v) is 3.93. The Morgan fingerprint density at radius 1 is 1.15 bits per heavy atom. The van der Waals surface area contributed by atoms with E-state index in [1.165, 1.54) is 43.5 Å². The fourth-order valence-electron chi connectivity index (χ4n) is 3.10. The quantitative estimate of drug-likeness (QED) is 0.258. The molecule has 2 heterocycles. The van der Waals surface area contributed by atoms with Gasteiger partial charge in [-0.1, -0.05) is 24.3 Å². The first-order valence-electron chi connectivity index (χ1n) is 9.81. The average Bonchev–Trinajstić information content (AvgIpc) is 3.09. The lowest BCUT2D eigenvalue weighted by molar-refractivity contribution is -0.385. The van der Waals surface area contributed by atoms with Crippen LogP contribution in [0.15, 0.2) is 65.7 Å². The lowest BCUT2D eigenvalue weighted by Crippen LogP contribution is -2.27. The van der Waals surface area contributed by atoms with Crippen LogP contribution in [-0.2, 0) is 11.3 Å². The van der Waals surface area contributed by atoms with Crippen LogP contribution in [0.2, 0.25) is 0 Å². The summed E-state index contributed by atoms with van der Waals surface area (Å²) in [7, 11) is 1.43. The predicted molar refractivity (Wildman–Crippen MR) is 122 cm³/mol. The smallest absolute Gasteiger partial charge is 0.293 e. The highest BCUT2D eigenvalue weighted by atomic mass is 32.2. The molecule has 4 rings (SSSR count). The number of benzene rings is 2. The van der Waals surface area contributed by atoms with Gasteiger partial charge in [-0.15, -0.1) is 0 Å². The minimum absolute atomic E-state index is 0.130. The third-order valence-electron chi connectivity index (χ3n) is 4.79. The van der Waals surface area contributed by atoms with E-state index in [0.29, 0.717) is 17.1 Å². The van der Waals surface area contributed by atoms with E-state index in [9.17, 15) is 24.1 Å². The standard InChI is InChI=1S/C23H16FN3O6S/c1-32-19-10-14(6-8-18(19)33-21-9-7-16(12-25-21)27(30)31)11-20-22(28)26(23(29)34-20)13-15-4-2-3-5-17(15)24/h2-12H,13H2,1H3/b20-11-. The minimum Gasteiger partial charge on any atom is -0.493 e. The number of carbonyl (C=O) groups excluding carboxylic acids is 2. The van der Waals surface area contributed by atoms with E-state index in [1.54, 1.807) is 24.3 Å². The van der Waals surface area contributed by atoms with Crippen LogP contribution in [0, 0.1) is 15.9 Å². The molecule has 1 aliphatic heterocycles. The van der Waals surface area contributed by atoms with E-state index in [0.717, 1.165) is 22.9 Å². The zero-order chi connectivity index (χ0) is 24.2. The van der Waals surface area contributed by atoms with E-state index in [4.69, 9.17) is 9.47 Å². The lowest BCUT2D eigenvalue weighted by atomic mass is 10.1. The van der Waals surface area contributed by atoms with Gasteiger partial charge in [-0.25, -0.2) is 9.37 Å². The topological polar surface area (TPSA) is 112 Å². The van der Waals surface area contributed by atoms with Crippen LogP contribution in [0.4, 0.5) is 14.9 Å². The number of nitrogens with zero attached hydrogens (tertiary/aromatic N) is 3. The van der Waals surface area contributed by atoms with Crippen LogP contribution >= 0.6 is 11.8 Å². The molecule has 2 amide bonds. The highest BCUT2D eigenvalue weighted by molar-refractivity contribution is 8.18. The Bertz CT molecular complexity index is 1310. The van der Waals surface area contributed by atoms with E-state index >= 15 is 0 Å². The van der Waals surface area contributed by atoms with E-state index in [1.807, 2.05) is 0 Å². The van der Waals surface area contributed by atoms with Gasteiger partial charge in [0.15, 0.2) is 11.5 Å². The minimum atomic E-state index is -0.565. The summed E-state index contributed by atoms with van der Waals surface area (Å²) in [6.07, 6.45) is 2.61. The summed E-state index contributed by atoms with van der Waals surface area (Å²) in [5.41, 5.74) is 0.643. The Kier molecular flexibility index (Phi) is 6.55. The molecule has 0 atom stereocenters. The first-order chi connectivity index (χ1) is 16.4. The highest BCUT2D eigenvalue weighted by Crippen LogP contribution is 2.36. The van der Waals surface area contributed by atoms with Crippen molar-refractivity contribution >= 4 is 34.7 Å². The Morgan fingerprint density at radius 2 is 1.94 bits per heavy atom. The van der Waals surface area contributed by atoms with Gasteiger partial charge in [0.2, 0.25) is 5.88 Å². The van der Waals surface area contributed by atoms with Crippen molar-refractivity contribution in [1.29, 1.82) is 0 Å². The van der Waals surface area contributed by atoms with Gasteiger partial charge >= 0.3 is 0 Å². The van der Waals surface area contributed by atoms with Gasteiger partial charge in [-0.05, 0) is 41.6 Å². The zero-order valence-electron chi connectivity index (χ0n) is 17.6. The van der Waals surface area contributed by atoms with Crippen molar-refractivity contribution in [3.8, 4) is 17.4 Å². The maximum Gasteiger partial charge on any atom is 0.293 e. The molecule has 0 radical (unpaired) electrons. The summed E-state index contributed by atoms with van der Waals surface area (Å²) in [6.45, 7) is -0.160. The molecular formula is C23H16FN3O6S. The SMILES string of the molecule is COc1cc(/C=C2\SC(=O)N(Cc3ccccc3F)C2=O)ccc1Oc1ccc([N+](=O)[O-])cn1. The number of aromatic nitrogens is 1. The van der Waals surface area contributed by atoms with Gasteiger partial charge in [0, 0.05) is 17.7 Å².